The molecule has 1 fully saturated rings. The van der Waals surface area contributed by atoms with Gasteiger partial charge in [-0.2, -0.15) is 0 Å². The first kappa shape index (κ1) is 15.8. The molecule has 0 radical (unpaired) electrons. The largest absolute Gasteiger partial charge is 0.397 e. The molecule has 3 N–H and O–H groups in total. The summed E-state index contributed by atoms with van der Waals surface area (Å²) in [6.07, 6.45) is 3.86. The lowest BCUT2D eigenvalue weighted by molar-refractivity contribution is -0.0864. The van der Waals surface area contributed by atoms with Crippen LogP contribution < -0.4 is 11.1 Å². The summed E-state index contributed by atoms with van der Waals surface area (Å²) in [5.74, 6) is -0.230. The summed E-state index contributed by atoms with van der Waals surface area (Å²) < 4.78 is 20.2. The highest BCUT2D eigenvalue weighted by Crippen LogP contribution is 2.34. The van der Waals surface area contributed by atoms with Gasteiger partial charge in [-0.25, -0.2) is 4.39 Å². The van der Waals surface area contributed by atoms with Gasteiger partial charge >= 0.3 is 0 Å². The molecule has 0 aromatic heterocycles. The lowest BCUT2D eigenvalue weighted by Gasteiger charge is -2.40. The van der Waals surface area contributed by atoms with Gasteiger partial charge in [-0.15, -0.1) is 0 Å². The molecule has 1 unspecified atom stereocenters. The number of ether oxygens (including phenoxy) is 1. The van der Waals surface area contributed by atoms with Crippen molar-refractivity contribution in [2.75, 3.05) is 17.7 Å². The molecule has 1 aliphatic heterocycles. The predicted molar refractivity (Wildman–Crippen MR) is 89.4 cm³/mol. The molecule has 0 bridgehead atoms. The molecule has 0 aliphatic carbocycles. The van der Waals surface area contributed by atoms with Crippen LogP contribution in [0.5, 0.6) is 0 Å². The standard InChI is InChI=1S/C15H22FIN2O/c1-3-15(4-2)9-10(5-6-20-15)19-14-7-11(16)12(17)8-13(14)18/h7-8,10,19H,3-6,9,18H2,1-2H3. The van der Waals surface area contributed by atoms with Gasteiger partial charge in [0.05, 0.1) is 20.5 Å². The monoisotopic (exact) mass is 392 g/mol. The van der Waals surface area contributed by atoms with Gasteiger partial charge in [-0.1, -0.05) is 13.8 Å². The lowest BCUT2D eigenvalue weighted by Crippen LogP contribution is -2.43. The highest BCUT2D eigenvalue weighted by molar-refractivity contribution is 14.1. The average Bonchev–Trinajstić information content (AvgIpc) is 2.45. The third-order valence-corrected chi connectivity index (χ3v) is 5.06. The Morgan fingerprint density at radius 3 is 2.80 bits per heavy atom. The molecule has 1 atom stereocenters. The van der Waals surface area contributed by atoms with Crippen LogP contribution in [0.25, 0.3) is 0 Å². The first-order valence-electron chi connectivity index (χ1n) is 7.14. The van der Waals surface area contributed by atoms with Crippen LogP contribution in [-0.2, 0) is 4.74 Å². The van der Waals surface area contributed by atoms with E-state index in [1.807, 2.05) is 22.6 Å². The molecule has 0 amide bonds. The van der Waals surface area contributed by atoms with Gasteiger partial charge in [0.25, 0.3) is 0 Å². The number of halogens is 2. The number of nitrogens with one attached hydrogen (secondary N) is 1. The van der Waals surface area contributed by atoms with Crippen LogP contribution in [-0.4, -0.2) is 18.2 Å². The summed E-state index contributed by atoms with van der Waals surface area (Å²) in [5, 5.41) is 3.39. The Labute approximate surface area is 133 Å². The number of nitrogen functional groups attached to an aromatic ring is 1. The van der Waals surface area contributed by atoms with Crippen LogP contribution in [0.2, 0.25) is 0 Å². The van der Waals surface area contributed by atoms with Crippen molar-refractivity contribution in [2.24, 2.45) is 0 Å². The first-order chi connectivity index (χ1) is 9.49. The number of nitrogens with two attached hydrogens (primary N) is 1. The van der Waals surface area contributed by atoms with Crippen molar-refractivity contribution in [1.29, 1.82) is 0 Å². The summed E-state index contributed by atoms with van der Waals surface area (Å²) in [5.41, 5.74) is 7.21. The highest BCUT2D eigenvalue weighted by atomic mass is 127. The Kier molecular flexibility index (Phi) is 5.12. The Bertz CT molecular complexity index is 477. The molecular weight excluding hydrogens is 370 g/mol. The zero-order valence-corrected chi connectivity index (χ0v) is 14.2. The molecule has 0 spiro atoms. The van der Waals surface area contributed by atoms with Gasteiger partial charge in [0.1, 0.15) is 5.82 Å². The molecule has 1 heterocycles. The second-order valence-corrected chi connectivity index (χ2v) is 6.59. The second kappa shape index (κ2) is 6.47. The Balaban J connectivity index is 2.12. The number of anilines is 2. The minimum absolute atomic E-state index is 0.0492. The zero-order valence-electron chi connectivity index (χ0n) is 12.0. The van der Waals surface area contributed by atoms with Gasteiger partial charge < -0.3 is 15.8 Å². The van der Waals surface area contributed by atoms with E-state index in [1.54, 1.807) is 6.07 Å². The van der Waals surface area contributed by atoms with Crippen LogP contribution >= 0.6 is 22.6 Å². The van der Waals surface area contributed by atoms with Crippen molar-refractivity contribution in [2.45, 2.75) is 51.2 Å². The minimum atomic E-state index is -0.230. The van der Waals surface area contributed by atoms with Crippen molar-refractivity contribution in [3.05, 3.63) is 21.5 Å². The van der Waals surface area contributed by atoms with E-state index in [-0.39, 0.29) is 17.5 Å². The van der Waals surface area contributed by atoms with Crippen LogP contribution in [0, 0.1) is 9.39 Å². The van der Waals surface area contributed by atoms with E-state index in [1.165, 1.54) is 6.07 Å². The van der Waals surface area contributed by atoms with E-state index >= 15 is 0 Å². The minimum Gasteiger partial charge on any atom is -0.397 e. The van der Waals surface area contributed by atoms with Crippen LogP contribution in [0.4, 0.5) is 15.8 Å². The SMILES string of the molecule is CCC1(CC)CC(Nc2cc(F)c(I)cc2N)CCO1. The summed E-state index contributed by atoms with van der Waals surface area (Å²) in [6, 6.07) is 3.45. The smallest absolute Gasteiger partial charge is 0.138 e. The van der Waals surface area contributed by atoms with Gasteiger partial charge in [0, 0.05) is 18.7 Å². The molecule has 0 saturated carbocycles. The molecule has 1 aromatic carbocycles. The van der Waals surface area contributed by atoms with Gasteiger partial charge in [-0.05, 0) is 54.3 Å². The quantitative estimate of drug-likeness (QED) is 0.598. The van der Waals surface area contributed by atoms with Gasteiger partial charge in [0.2, 0.25) is 0 Å². The number of benzene rings is 1. The van der Waals surface area contributed by atoms with E-state index in [2.05, 4.69) is 19.2 Å². The average molecular weight is 392 g/mol. The van der Waals surface area contributed by atoms with Gasteiger partial charge in [0.15, 0.2) is 0 Å². The third-order valence-electron chi connectivity index (χ3n) is 4.23. The number of hydrogen-bond acceptors (Lipinski definition) is 3. The fraction of sp³-hybridized carbons (Fsp3) is 0.600. The lowest BCUT2D eigenvalue weighted by atomic mass is 9.86. The van der Waals surface area contributed by atoms with Crippen molar-refractivity contribution >= 4 is 34.0 Å². The van der Waals surface area contributed by atoms with Crippen molar-refractivity contribution in [3.63, 3.8) is 0 Å². The fourth-order valence-corrected chi connectivity index (χ4v) is 3.29. The molecule has 1 aliphatic rings. The Morgan fingerprint density at radius 1 is 1.45 bits per heavy atom. The maximum absolute atomic E-state index is 13.7. The summed E-state index contributed by atoms with van der Waals surface area (Å²) >= 11 is 1.95. The van der Waals surface area contributed by atoms with Crippen LogP contribution in [0.15, 0.2) is 12.1 Å². The van der Waals surface area contributed by atoms with E-state index in [4.69, 9.17) is 10.5 Å². The molecule has 20 heavy (non-hydrogen) atoms. The Morgan fingerprint density at radius 2 is 2.15 bits per heavy atom. The molecule has 5 heteroatoms. The normalized spacial score (nSPS) is 21.7. The second-order valence-electron chi connectivity index (χ2n) is 5.43. The maximum atomic E-state index is 13.7. The molecule has 1 saturated heterocycles. The molecule has 3 nitrogen and oxygen atoms in total. The van der Waals surface area contributed by atoms with Crippen LogP contribution in [0.1, 0.15) is 39.5 Å². The highest BCUT2D eigenvalue weighted by Gasteiger charge is 2.34. The molecule has 1 aromatic rings. The third kappa shape index (κ3) is 3.36. The molecular formula is C15H22FIN2O. The first-order valence-corrected chi connectivity index (χ1v) is 8.22. The van der Waals surface area contributed by atoms with Crippen molar-refractivity contribution in [3.8, 4) is 0 Å². The van der Waals surface area contributed by atoms with Gasteiger partial charge in [-0.3, -0.25) is 0 Å². The van der Waals surface area contributed by atoms with Crippen molar-refractivity contribution < 1.29 is 9.13 Å². The van der Waals surface area contributed by atoms with Crippen molar-refractivity contribution in [1.82, 2.24) is 0 Å². The van der Waals surface area contributed by atoms with E-state index in [9.17, 15) is 4.39 Å². The number of hydrogen-bond donors (Lipinski definition) is 2. The number of rotatable bonds is 4. The summed E-state index contributed by atoms with van der Waals surface area (Å²) in [6.45, 7) is 5.06. The zero-order chi connectivity index (χ0) is 14.8. The van der Waals surface area contributed by atoms with Crippen LogP contribution in [0.3, 0.4) is 0 Å². The topological polar surface area (TPSA) is 47.3 Å². The molecule has 2 rings (SSSR count). The summed E-state index contributed by atoms with van der Waals surface area (Å²) in [7, 11) is 0. The molecule has 112 valence electrons. The fourth-order valence-electron chi connectivity index (χ4n) is 2.80. The maximum Gasteiger partial charge on any atom is 0.138 e. The van der Waals surface area contributed by atoms with E-state index in [0.717, 1.165) is 32.3 Å². The summed E-state index contributed by atoms with van der Waals surface area (Å²) in [4.78, 5) is 0. The predicted octanol–water partition coefficient (Wildman–Crippen LogP) is 4.16. The van der Waals surface area contributed by atoms with E-state index < -0.39 is 0 Å². The Hall–Kier alpha value is -0.560. The van der Waals surface area contributed by atoms with E-state index in [0.29, 0.717) is 14.9 Å².